The van der Waals surface area contributed by atoms with Gasteiger partial charge in [-0.05, 0) is 6.92 Å². The third-order valence-corrected chi connectivity index (χ3v) is 2.97. The molecular formula is C13H14N4O6. The first kappa shape index (κ1) is 16.2. The van der Waals surface area contributed by atoms with Crippen LogP contribution in [0.3, 0.4) is 0 Å². The molecule has 10 nitrogen and oxygen atoms in total. The van der Waals surface area contributed by atoms with Crippen molar-refractivity contribution in [2.24, 2.45) is 0 Å². The second kappa shape index (κ2) is 6.73. The lowest BCUT2D eigenvalue weighted by Crippen LogP contribution is -2.07. The van der Waals surface area contributed by atoms with Crippen molar-refractivity contribution in [1.29, 1.82) is 0 Å². The van der Waals surface area contributed by atoms with E-state index in [1.165, 1.54) is 26.4 Å². The molecule has 1 heterocycles. The number of carbonyl (C=O) groups is 1. The number of H-pyrrole nitrogens is 1. The van der Waals surface area contributed by atoms with Crippen molar-refractivity contribution >= 4 is 11.7 Å². The van der Waals surface area contributed by atoms with Crippen LogP contribution in [0.25, 0.3) is 11.3 Å². The summed E-state index contributed by atoms with van der Waals surface area (Å²) in [6, 6.07) is 2.55. The van der Waals surface area contributed by atoms with Crippen molar-refractivity contribution in [2.75, 3.05) is 20.8 Å². The Morgan fingerprint density at radius 3 is 2.48 bits per heavy atom. The van der Waals surface area contributed by atoms with Gasteiger partial charge in [0.2, 0.25) is 0 Å². The zero-order chi connectivity index (χ0) is 17.0. The van der Waals surface area contributed by atoms with Crippen LogP contribution in [0.2, 0.25) is 0 Å². The molecule has 0 bridgehead atoms. The molecule has 2 rings (SSSR count). The van der Waals surface area contributed by atoms with Gasteiger partial charge in [-0.1, -0.05) is 0 Å². The first-order chi connectivity index (χ1) is 11.0. The third kappa shape index (κ3) is 3.05. The van der Waals surface area contributed by atoms with E-state index in [0.29, 0.717) is 0 Å². The predicted octanol–water partition coefficient (Wildman–Crippen LogP) is 1.57. The van der Waals surface area contributed by atoms with Gasteiger partial charge in [-0.3, -0.25) is 10.1 Å². The summed E-state index contributed by atoms with van der Waals surface area (Å²) in [6.07, 6.45) is 0. The number of nitro groups is 1. The van der Waals surface area contributed by atoms with E-state index < -0.39 is 10.9 Å². The summed E-state index contributed by atoms with van der Waals surface area (Å²) >= 11 is 0. The zero-order valence-corrected chi connectivity index (χ0v) is 12.7. The fourth-order valence-electron chi connectivity index (χ4n) is 1.97. The monoisotopic (exact) mass is 322 g/mol. The number of ether oxygens (including phenoxy) is 3. The van der Waals surface area contributed by atoms with Crippen molar-refractivity contribution in [3.8, 4) is 22.8 Å². The number of aromatic nitrogens is 3. The van der Waals surface area contributed by atoms with E-state index in [-0.39, 0.29) is 40.7 Å². The Balaban J connectivity index is 2.65. The van der Waals surface area contributed by atoms with E-state index in [2.05, 4.69) is 15.4 Å². The Hall–Kier alpha value is -3.17. The van der Waals surface area contributed by atoms with E-state index in [1.807, 2.05) is 0 Å². The van der Waals surface area contributed by atoms with Crippen molar-refractivity contribution in [3.63, 3.8) is 0 Å². The second-order valence-electron chi connectivity index (χ2n) is 4.22. The highest BCUT2D eigenvalue weighted by molar-refractivity contribution is 5.95. The van der Waals surface area contributed by atoms with Gasteiger partial charge in [0.15, 0.2) is 17.2 Å². The molecule has 10 heteroatoms. The Labute approximate surface area is 130 Å². The maximum absolute atomic E-state index is 11.9. The molecule has 0 aliphatic heterocycles. The van der Waals surface area contributed by atoms with E-state index in [0.717, 1.165) is 0 Å². The minimum atomic E-state index is -0.736. The second-order valence-corrected chi connectivity index (χ2v) is 4.22. The SMILES string of the molecule is CCOC(=O)c1n[nH]nc1-c1cc(OC)c(OC)cc1[N+](=O)[O-]. The molecule has 0 saturated heterocycles. The topological polar surface area (TPSA) is 129 Å². The molecule has 0 fully saturated rings. The number of rotatable bonds is 6. The quantitative estimate of drug-likeness (QED) is 0.482. The summed E-state index contributed by atoms with van der Waals surface area (Å²) < 4.78 is 15.0. The fourth-order valence-corrected chi connectivity index (χ4v) is 1.97. The van der Waals surface area contributed by atoms with Gasteiger partial charge in [-0.25, -0.2) is 4.79 Å². The number of nitro benzene ring substituents is 1. The lowest BCUT2D eigenvalue weighted by atomic mass is 10.1. The van der Waals surface area contributed by atoms with Crippen LogP contribution >= 0.6 is 0 Å². The lowest BCUT2D eigenvalue weighted by molar-refractivity contribution is -0.384. The van der Waals surface area contributed by atoms with Gasteiger partial charge in [0, 0.05) is 6.07 Å². The Morgan fingerprint density at radius 2 is 1.91 bits per heavy atom. The molecule has 0 radical (unpaired) electrons. The molecular weight excluding hydrogens is 308 g/mol. The zero-order valence-electron chi connectivity index (χ0n) is 12.7. The summed E-state index contributed by atoms with van der Waals surface area (Å²) in [5.74, 6) is -0.296. The van der Waals surface area contributed by atoms with Crippen molar-refractivity contribution in [2.45, 2.75) is 6.92 Å². The van der Waals surface area contributed by atoms with Crippen molar-refractivity contribution in [1.82, 2.24) is 15.4 Å². The summed E-state index contributed by atoms with van der Waals surface area (Å²) in [4.78, 5) is 22.6. The van der Waals surface area contributed by atoms with Crippen LogP contribution in [0.5, 0.6) is 11.5 Å². The average molecular weight is 322 g/mol. The fraction of sp³-hybridized carbons (Fsp3) is 0.308. The Bertz CT molecular complexity index is 742. The average Bonchev–Trinajstić information content (AvgIpc) is 3.03. The Kier molecular flexibility index (Phi) is 4.74. The molecule has 0 aliphatic rings. The smallest absolute Gasteiger partial charge is 0.361 e. The number of methoxy groups -OCH3 is 2. The van der Waals surface area contributed by atoms with Crippen LogP contribution < -0.4 is 9.47 Å². The summed E-state index contributed by atoms with van der Waals surface area (Å²) in [5.41, 5.74) is -0.398. The van der Waals surface area contributed by atoms with E-state index in [9.17, 15) is 14.9 Å². The molecule has 1 N–H and O–H groups in total. The number of hydrogen-bond donors (Lipinski definition) is 1. The van der Waals surface area contributed by atoms with Gasteiger partial charge in [0.05, 0.1) is 37.4 Å². The largest absolute Gasteiger partial charge is 0.493 e. The predicted molar refractivity (Wildman–Crippen MR) is 77.5 cm³/mol. The van der Waals surface area contributed by atoms with Gasteiger partial charge in [-0.2, -0.15) is 10.3 Å². The molecule has 1 aromatic heterocycles. The molecule has 0 saturated carbocycles. The molecule has 2 aromatic rings. The molecule has 0 aliphatic carbocycles. The van der Waals surface area contributed by atoms with Crippen LogP contribution in [0, 0.1) is 10.1 Å². The summed E-state index contributed by atoms with van der Waals surface area (Å²) in [5, 5.41) is 21.1. The highest BCUT2D eigenvalue weighted by Gasteiger charge is 2.28. The van der Waals surface area contributed by atoms with E-state index in [4.69, 9.17) is 14.2 Å². The normalized spacial score (nSPS) is 10.2. The summed E-state index contributed by atoms with van der Waals surface area (Å²) in [6.45, 7) is 1.77. The molecule has 0 atom stereocenters. The number of nitrogens with zero attached hydrogens (tertiary/aromatic N) is 3. The molecule has 23 heavy (non-hydrogen) atoms. The highest BCUT2D eigenvalue weighted by Crippen LogP contribution is 2.39. The molecule has 122 valence electrons. The maximum atomic E-state index is 11.9. The summed E-state index contributed by atoms with van der Waals surface area (Å²) in [7, 11) is 2.75. The van der Waals surface area contributed by atoms with Crippen LogP contribution in [-0.4, -0.2) is 47.1 Å². The number of hydrogen-bond acceptors (Lipinski definition) is 8. The first-order valence-corrected chi connectivity index (χ1v) is 6.52. The number of aromatic amines is 1. The van der Waals surface area contributed by atoms with Crippen LogP contribution in [0.1, 0.15) is 17.4 Å². The van der Waals surface area contributed by atoms with Crippen LogP contribution in [0.4, 0.5) is 5.69 Å². The standard InChI is InChI=1S/C13H14N4O6/c1-4-23-13(18)12-11(14-16-15-12)7-5-9(21-2)10(22-3)6-8(7)17(19)20/h5-6H,4H2,1-3H3,(H,14,15,16). The molecule has 0 amide bonds. The van der Waals surface area contributed by atoms with Gasteiger partial charge in [-0.15, -0.1) is 5.10 Å². The third-order valence-electron chi connectivity index (χ3n) is 2.97. The van der Waals surface area contributed by atoms with Crippen LogP contribution in [-0.2, 0) is 4.74 Å². The number of benzene rings is 1. The van der Waals surface area contributed by atoms with Gasteiger partial charge in [0.1, 0.15) is 5.69 Å². The van der Waals surface area contributed by atoms with Gasteiger partial charge in [0.25, 0.3) is 5.69 Å². The highest BCUT2D eigenvalue weighted by atomic mass is 16.6. The van der Waals surface area contributed by atoms with E-state index >= 15 is 0 Å². The molecule has 0 spiro atoms. The number of esters is 1. The van der Waals surface area contributed by atoms with Crippen molar-refractivity contribution in [3.05, 3.63) is 27.9 Å². The minimum absolute atomic E-state index is 0.00361. The first-order valence-electron chi connectivity index (χ1n) is 6.52. The Morgan fingerprint density at radius 1 is 1.26 bits per heavy atom. The van der Waals surface area contributed by atoms with E-state index in [1.54, 1.807) is 6.92 Å². The van der Waals surface area contributed by atoms with Crippen LogP contribution in [0.15, 0.2) is 12.1 Å². The number of carbonyl (C=O) groups excluding carboxylic acids is 1. The van der Waals surface area contributed by atoms with Gasteiger partial charge < -0.3 is 14.2 Å². The lowest BCUT2D eigenvalue weighted by Gasteiger charge is -2.09. The molecule has 1 aromatic carbocycles. The van der Waals surface area contributed by atoms with Crippen molar-refractivity contribution < 1.29 is 23.9 Å². The minimum Gasteiger partial charge on any atom is -0.493 e. The molecule has 0 unspecified atom stereocenters. The van der Waals surface area contributed by atoms with Gasteiger partial charge >= 0.3 is 5.97 Å². The number of nitrogens with one attached hydrogen (secondary N) is 1. The maximum Gasteiger partial charge on any atom is 0.361 e.